The number of carbonyl (C=O) groups is 4. The Balaban J connectivity index is 2.57. The second kappa shape index (κ2) is 9.26. The molecular formula is C15H20N4O5. The van der Waals surface area contributed by atoms with E-state index in [1.165, 1.54) is 0 Å². The van der Waals surface area contributed by atoms with Crippen molar-refractivity contribution in [2.45, 2.75) is 24.9 Å². The molecular weight excluding hydrogens is 316 g/mol. The Morgan fingerprint density at radius 1 is 1.12 bits per heavy atom. The number of amides is 3. The number of carboxylic acid groups (broad SMARTS) is 1. The minimum Gasteiger partial charge on any atom is -0.480 e. The van der Waals surface area contributed by atoms with Gasteiger partial charge in [-0.25, -0.2) is 4.79 Å². The number of carboxylic acids is 1. The van der Waals surface area contributed by atoms with Crippen molar-refractivity contribution in [3.63, 3.8) is 0 Å². The molecule has 0 saturated carbocycles. The summed E-state index contributed by atoms with van der Waals surface area (Å²) in [6.07, 6.45) is -0.306. The van der Waals surface area contributed by atoms with E-state index in [4.69, 9.17) is 16.6 Å². The molecule has 1 rings (SSSR count). The molecule has 0 aliphatic rings. The van der Waals surface area contributed by atoms with E-state index in [2.05, 4.69) is 10.6 Å². The van der Waals surface area contributed by atoms with Gasteiger partial charge in [-0.05, 0) is 12.0 Å². The Kier molecular flexibility index (Phi) is 7.37. The van der Waals surface area contributed by atoms with Crippen LogP contribution < -0.4 is 22.1 Å². The lowest BCUT2D eigenvalue weighted by molar-refractivity contribution is -0.143. The molecule has 2 atom stereocenters. The number of carbonyl (C=O) groups excluding carboxylic acids is 3. The highest BCUT2D eigenvalue weighted by atomic mass is 16.4. The van der Waals surface area contributed by atoms with Crippen LogP contribution in [-0.2, 0) is 25.6 Å². The standard InChI is InChI=1S/C15H20N4O5/c16-10(6-9-4-2-1-3-5-9)14(22)19-11(15(23)24)7-13(21)18-8-12(17)20/h1-5,10-11H,6-8,16H2,(H2,17,20)(H,18,21)(H,19,22)(H,23,24)/t10-,11-/m0/s1. The number of nitrogens with two attached hydrogens (primary N) is 2. The molecule has 3 amide bonds. The van der Waals surface area contributed by atoms with Crippen molar-refractivity contribution >= 4 is 23.7 Å². The quantitative estimate of drug-likeness (QED) is 0.354. The van der Waals surface area contributed by atoms with E-state index < -0.39 is 48.7 Å². The van der Waals surface area contributed by atoms with Crippen molar-refractivity contribution in [2.24, 2.45) is 11.5 Å². The maximum atomic E-state index is 12.0. The number of rotatable bonds is 9. The Bertz CT molecular complexity index is 605. The van der Waals surface area contributed by atoms with Crippen molar-refractivity contribution in [1.29, 1.82) is 0 Å². The van der Waals surface area contributed by atoms with Crippen LogP contribution in [0.5, 0.6) is 0 Å². The van der Waals surface area contributed by atoms with Gasteiger partial charge in [-0.3, -0.25) is 14.4 Å². The van der Waals surface area contributed by atoms with E-state index >= 15 is 0 Å². The summed E-state index contributed by atoms with van der Waals surface area (Å²) < 4.78 is 0. The third-order valence-electron chi connectivity index (χ3n) is 3.10. The zero-order valence-electron chi connectivity index (χ0n) is 12.9. The summed E-state index contributed by atoms with van der Waals surface area (Å²) in [4.78, 5) is 45.3. The van der Waals surface area contributed by atoms with E-state index in [0.717, 1.165) is 5.56 Å². The summed E-state index contributed by atoms with van der Waals surface area (Å²) >= 11 is 0. The Morgan fingerprint density at radius 2 is 1.75 bits per heavy atom. The summed E-state index contributed by atoms with van der Waals surface area (Å²) in [5, 5.41) is 13.5. The van der Waals surface area contributed by atoms with E-state index in [0.29, 0.717) is 0 Å². The second-order valence-electron chi connectivity index (χ2n) is 5.14. The maximum absolute atomic E-state index is 12.0. The first-order valence-electron chi connectivity index (χ1n) is 7.17. The van der Waals surface area contributed by atoms with Crippen molar-refractivity contribution in [3.8, 4) is 0 Å². The fourth-order valence-electron chi connectivity index (χ4n) is 1.88. The van der Waals surface area contributed by atoms with Gasteiger partial charge in [0.2, 0.25) is 17.7 Å². The highest BCUT2D eigenvalue weighted by Gasteiger charge is 2.25. The summed E-state index contributed by atoms with van der Waals surface area (Å²) in [5.74, 6) is -3.55. The van der Waals surface area contributed by atoms with Crippen LogP contribution in [0.15, 0.2) is 30.3 Å². The van der Waals surface area contributed by atoms with Crippen LogP contribution in [0.3, 0.4) is 0 Å². The van der Waals surface area contributed by atoms with Gasteiger partial charge >= 0.3 is 5.97 Å². The zero-order valence-corrected chi connectivity index (χ0v) is 12.9. The lowest BCUT2D eigenvalue weighted by Crippen LogP contribution is -2.51. The SMILES string of the molecule is NC(=O)CNC(=O)C[C@H](NC(=O)[C@@H](N)Cc1ccccc1)C(=O)O. The molecule has 7 N–H and O–H groups in total. The molecule has 0 aliphatic heterocycles. The zero-order chi connectivity index (χ0) is 18.1. The average molecular weight is 336 g/mol. The van der Waals surface area contributed by atoms with Gasteiger partial charge < -0.3 is 27.2 Å². The van der Waals surface area contributed by atoms with Crippen LogP contribution in [0, 0.1) is 0 Å². The number of hydrogen-bond acceptors (Lipinski definition) is 5. The largest absolute Gasteiger partial charge is 0.480 e. The minimum absolute atomic E-state index is 0.229. The Labute approximate surface area is 138 Å². The normalized spacial score (nSPS) is 12.7. The van der Waals surface area contributed by atoms with Crippen LogP contribution in [0.1, 0.15) is 12.0 Å². The number of benzene rings is 1. The second-order valence-corrected chi connectivity index (χ2v) is 5.14. The maximum Gasteiger partial charge on any atom is 0.326 e. The summed E-state index contributed by atoms with van der Waals surface area (Å²) in [7, 11) is 0. The van der Waals surface area contributed by atoms with Crippen molar-refractivity contribution in [1.82, 2.24) is 10.6 Å². The van der Waals surface area contributed by atoms with Gasteiger partial charge in [-0.1, -0.05) is 30.3 Å². The van der Waals surface area contributed by atoms with Gasteiger partial charge in [0.15, 0.2) is 0 Å². The van der Waals surface area contributed by atoms with Crippen molar-refractivity contribution in [2.75, 3.05) is 6.54 Å². The lowest BCUT2D eigenvalue weighted by atomic mass is 10.1. The molecule has 1 aromatic carbocycles. The fourth-order valence-corrected chi connectivity index (χ4v) is 1.88. The molecule has 9 heteroatoms. The molecule has 0 unspecified atom stereocenters. The lowest BCUT2D eigenvalue weighted by Gasteiger charge is -2.17. The van der Waals surface area contributed by atoms with E-state index in [9.17, 15) is 19.2 Å². The van der Waals surface area contributed by atoms with Gasteiger partial charge in [-0.2, -0.15) is 0 Å². The van der Waals surface area contributed by atoms with Crippen LogP contribution in [-0.4, -0.2) is 47.4 Å². The predicted molar refractivity (Wildman–Crippen MR) is 84.5 cm³/mol. The van der Waals surface area contributed by atoms with Crippen LogP contribution in [0.25, 0.3) is 0 Å². The van der Waals surface area contributed by atoms with E-state index in [-0.39, 0.29) is 6.42 Å². The molecule has 0 heterocycles. The number of aliphatic carboxylic acids is 1. The molecule has 0 spiro atoms. The van der Waals surface area contributed by atoms with Gasteiger partial charge in [-0.15, -0.1) is 0 Å². The fraction of sp³-hybridized carbons (Fsp3) is 0.333. The summed E-state index contributed by atoms with van der Waals surface area (Å²) in [5.41, 5.74) is 11.5. The summed E-state index contributed by atoms with van der Waals surface area (Å²) in [6, 6.07) is 6.58. The van der Waals surface area contributed by atoms with E-state index in [1.807, 2.05) is 6.07 Å². The number of primary amides is 1. The molecule has 0 fully saturated rings. The first-order chi connectivity index (χ1) is 11.3. The molecule has 0 bridgehead atoms. The third-order valence-corrected chi connectivity index (χ3v) is 3.10. The van der Waals surface area contributed by atoms with Gasteiger partial charge in [0.1, 0.15) is 6.04 Å². The molecule has 0 radical (unpaired) electrons. The molecule has 130 valence electrons. The molecule has 9 nitrogen and oxygen atoms in total. The van der Waals surface area contributed by atoms with Crippen LogP contribution in [0.2, 0.25) is 0 Å². The first-order valence-corrected chi connectivity index (χ1v) is 7.17. The highest BCUT2D eigenvalue weighted by Crippen LogP contribution is 2.03. The summed E-state index contributed by atoms with van der Waals surface area (Å²) in [6.45, 7) is -0.410. The highest BCUT2D eigenvalue weighted by molar-refractivity contribution is 5.91. The average Bonchev–Trinajstić information content (AvgIpc) is 2.53. The molecule has 0 saturated heterocycles. The monoisotopic (exact) mass is 336 g/mol. The van der Waals surface area contributed by atoms with Crippen LogP contribution in [0.4, 0.5) is 0 Å². The Morgan fingerprint density at radius 3 is 2.29 bits per heavy atom. The van der Waals surface area contributed by atoms with E-state index in [1.54, 1.807) is 24.3 Å². The van der Waals surface area contributed by atoms with Gasteiger partial charge in [0, 0.05) is 0 Å². The smallest absolute Gasteiger partial charge is 0.326 e. The third kappa shape index (κ3) is 6.88. The van der Waals surface area contributed by atoms with Crippen molar-refractivity contribution in [3.05, 3.63) is 35.9 Å². The predicted octanol–water partition coefficient (Wildman–Crippen LogP) is -1.88. The van der Waals surface area contributed by atoms with Crippen LogP contribution >= 0.6 is 0 Å². The molecule has 1 aromatic rings. The number of hydrogen-bond donors (Lipinski definition) is 5. The molecule has 24 heavy (non-hydrogen) atoms. The number of nitrogens with one attached hydrogen (secondary N) is 2. The first kappa shape index (κ1) is 19.1. The Hall–Kier alpha value is -2.94. The molecule has 0 aromatic heterocycles. The van der Waals surface area contributed by atoms with Gasteiger partial charge in [0.05, 0.1) is 19.0 Å². The topological polar surface area (TPSA) is 165 Å². The van der Waals surface area contributed by atoms with Gasteiger partial charge in [0.25, 0.3) is 0 Å². The molecule has 0 aliphatic carbocycles. The minimum atomic E-state index is -1.45. The van der Waals surface area contributed by atoms with Crippen molar-refractivity contribution < 1.29 is 24.3 Å².